The number of benzene rings is 1. The van der Waals surface area contributed by atoms with Gasteiger partial charge in [-0.1, -0.05) is 31.2 Å². The molecule has 0 saturated carbocycles. The highest BCUT2D eigenvalue weighted by molar-refractivity contribution is 7.09. The van der Waals surface area contributed by atoms with Gasteiger partial charge in [-0.25, -0.2) is 0 Å². The fourth-order valence-corrected chi connectivity index (χ4v) is 3.13. The van der Waals surface area contributed by atoms with E-state index >= 15 is 0 Å². The van der Waals surface area contributed by atoms with E-state index in [0.717, 1.165) is 27.8 Å². The zero-order chi connectivity index (χ0) is 15.5. The van der Waals surface area contributed by atoms with Crippen LogP contribution in [-0.2, 0) is 17.8 Å². The van der Waals surface area contributed by atoms with Gasteiger partial charge in [-0.05, 0) is 23.4 Å². The summed E-state index contributed by atoms with van der Waals surface area (Å²) in [6.07, 6.45) is 2.49. The molecule has 0 aliphatic rings. The Kier molecular flexibility index (Phi) is 4.06. The molecule has 0 aliphatic carbocycles. The Morgan fingerprint density at radius 3 is 2.82 bits per heavy atom. The summed E-state index contributed by atoms with van der Waals surface area (Å²) in [7, 11) is 0. The zero-order valence-corrected chi connectivity index (χ0v) is 13.0. The second-order valence-corrected chi connectivity index (χ2v) is 6.02. The zero-order valence-electron chi connectivity index (χ0n) is 12.2. The van der Waals surface area contributed by atoms with Crippen molar-refractivity contribution in [3.05, 3.63) is 57.9 Å². The predicted molar refractivity (Wildman–Crippen MR) is 88.2 cm³/mol. The van der Waals surface area contributed by atoms with Crippen LogP contribution in [0.5, 0.6) is 0 Å². The molecule has 3 rings (SSSR count). The van der Waals surface area contributed by atoms with Crippen molar-refractivity contribution in [3.63, 3.8) is 0 Å². The third-order valence-electron chi connectivity index (χ3n) is 3.64. The van der Waals surface area contributed by atoms with E-state index in [4.69, 9.17) is 0 Å². The van der Waals surface area contributed by atoms with Gasteiger partial charge in [-0.15, -0.1) is 11.3 Å². The van der Waals surface area contributed by atoms with Crippen LogP contribution in [0, 0.1) is 0 Å². The molecule has 2 N–H and O–H groups in total. The minimum absolute atomic E-state index is 0.380. The van der Waals surface area contributed by atoms with Crippen LogP contribution in [0.3, 0.4) is 0 Å². The molecule has 0 unspecified atom stereocenters. The molecule has 1 aromatic carbocycles. The van der Waals surface area contributed by atoms with Crippen LogP contribution in [0.2, 0.25) is 0 Å². The molecular weight excluding hydrogens is 296 g/mol. The number of rotatable bonds is 5. The lowest BCUT2D eigenvalue weighted by Crippen LogP contribution is -2.30. The Balaban J connectivity index is 1.81. The van der Waals surface area contributed by atoms with Crippen molar-refractivity contribution in [1.82, 2.24) is 10.3 Å². The van der Waals surface area contributed by atoms with Gasteiger partial charge in [0.1, 0.15) is 0 Å². The average Bonchev–Trinajstić information content (AvgIpc) is 3.20. The quantitative estimate of drug-likeness (QED) is 0.561. The first-order valence-electron chi connectivity index (χ1n) is 7.14. The van der Waals surface area contributed by atoms with E-state index in [9.17, 15) is 9.59 Å². The number of H-pyrrole nitrogens is 1. The average molecular weight is 312 g/mol. The minimum Gasteiger partial charge on any atom is -0.360 e. The van der Waals surface area contributed by atoms with Crippen molar-refractivity contribution in [3.8, 4) is 0 Å². The molecule has 0 fully saturated rings. The van der Waals surface area contributed by atoms with Crippen LogP contribution in [-0.4, -0.2) is 16.7 Å². The summed E-state index contributed by atoms with van der Waals surface area (Å²) in [6, 6.07) is 9.64. The molecule has 0 spiro atoms. The number of aromatic amines is 1. The third-order valence-corrected chi connectivity index (χ3v) is 4.51. The van der Waals surface area contributed by atoms with Gasteiger partial charge in [0.05, 0.1) is 12.1 Å². The molecule has 0 saturated heterocycles. The second-order valence-electron chi connectivity index (χ2n) is 4.99. The summed E-state index contributed by atoms with van der Waals surface area (Å²) < 4.78 is 0. The van der Waals surface area contributed by atoms with E-state index in [1.807, 2.05) is 35.7 Å². The molecule has 4 nitrogen and oxygen atoms in total. The number of Topliss-reactive ketones (excluding diaryl/α,β-unsaturated/α-hetero) is 1. The van der Waals surface area contributed by atoms with Gasteiger partial charge >= 0.3 is 0 Å². The van der Waals surface area contributed by atoms with E-state index in [2.05, 4.69) is 17.2 Å². The summed E-state index contributed by atoms with van der Waals surface area (Å²) in [5.41, 5.74) is 2.49. The maximum atomic E-state index is 12.4. The summed E-state index contributed by atoms with van der Waals surface area (Å²) in [4.78, 5) is 28.6. The van der Waals surface area contributed by atoms with Crippen molar-refractivity contribution in [2.24, 2.45) is 0 Å². The molecule has 3 aromatic rings. The fraction of sp³-hybridized carbons (Fsp3) is 0.176. The molecule has 0 bridgehead atoms. The van der Waals surface area contributed by atoms with E-state index in [0.29, 0.717) is 12.1 Å². The number of amides is 1. The summed E-state index contributed by atoms with van der Waals surface area (Å²) in [5, 5.41) is 5.42. The smallest absolute Gasteiger partial charge is 0.292 e. The molecule has 0 radical (unpaired) electrons. The molecule has 112 valence electrons. The van der Waals surface area contributed by atoms with E-state index in [1.54, 1.807) is 17.5 Å². The van der Waals surface area contributed by atoms with Crippen molar-refractivity contribution in [2.45, 2.75) is 19.9 Å². The number of nitrogens with one attached hydrogen (secondary N) is 2. The van der Waals surface area contributed by atoms with Gasteiger partial charge in [0.2, 0.25) is 0 Å². The number of ketones is 1. The summed E-state index contributed by atoms with van der Waals surface area (Å²) in [6.45, 7) is 2.44. The maximum absolute atomic E-state index is 12.4. The minimum atomic E-state index is -0.573. The molecule has 0 aliphatic heterocycles. The number of para-hydroxylation sites is 1. The molecule has 0 atom stereocenters. The standard InChI is InChI=1S/C17H16N2O2S/c1-2-11-5-3-7-13-14(10-18-15(11)13)16(20)17(21)19-9-12-6-4-8-22-12/h3-8,10,18H,2,9H2,1H3,(H,19,21). The number of aryl methyl sites for hydroxylation is 1. The van der Waals surface area contributed by atoms with Crippen molar-refractivity contribution in [1.29, 1.82) is 0 Å². The number of hydrogen-bond donors (Lipinski definition) is 2. The molecule has 2 heterocycles. The molecule has 1 amide bonds. The Morgan fingerprint density at radius 2 is 2.09 bits per heavy atom. The molecule has 2 aromatic heterocycles. The highest BCUT2D eigenvalue weighted by Gasteiger charge is 2.20. The van der Waals surface area contributed by atoms with Gasteiger partial charge in [0.25, 0.3) is 11.7 Å². The van der Waals surface area contributed by atoms with Gasteiger partial charge in [0, 0.05) is 22.0 Å². The van der Waals surface area contributed by atoms with Crippen molar-refractivity contribution in [2.75, 3.05) is 0 Å². The summed E-state index contributed by atoms with van der Waals surface area (Å²) >= 11 is 1.55. The largest absolute Gasteiger partial charge is 0.360 e. The first-order valence-corrected chi connectivity index (χ1v) is 8.02. The van der Waals surface area contributed by atoms with Gasteiger partial charge in [-0.3, -0.25) is 9.59 Å². The van der Waals surface area contributed by atoms with Crippen LogP contribution >= 0.6 is 11.3 Å². The van der Waals surface area contributed by atoms with Gasteiger partial charge in [-0.2, -0.15) is 0 Å². The Labute approximate surface area is 132 Å². The lowest BCUT2D eigenvalue weighted by Gasteiger charge is -2.03. The monoisotopic (exact) mass is 312 g/mol. The van der Waals surface area contributed by atoms with Gasteiger partial charge in [0.15, 0.2) is 0 Å². The topological polar surface area (TPSA) is 62.0 Å². The second kappa shape index (κ2) is 6.15. The van der Waals surface area contributed by atoms with E-state index < -0.39 is 11.7 Å². The highest BCUT2D eigenvalue weighted by atomic mass is 32.1. The maximum Gasteiger partial charge on any atom is 0.292 e. The van der Waals surface area contributed by atoms with E-state index in [1.165, 1.54) is 0 Å². The number of carbonyl (C=O) groups is 2. The molecular formula is C17H16N2O2S. The van der Waals surface area contributed by atoms with Crippen LogP contribution in [0.4, 0.5) is 0 Å². The van der Waals surface area contributed by atoms with Crippen LogP contribution in [0.15, 0.2) is 41.9 Å². The Morgan fingerprint density at radius 1 is 1.23 bits per heavy atom. The summed E-state index contributed by atoms with van der Waals surface area (Å²) in [5.74, 6) is -1.08. The first-order chi connectivity index (χ1) is 10.7. The van der Waals surface area contributed by atoms with Crippen molar-refractivity contribution < 1.29 is 9.59 Å². The van der Waals surface area contributed by atoms with Crippen LogP contribution in [0.1, 0.15) is 27.7 Å². The fourth-order valence-electron chi connectivity index (χ4n) is 2.48. The number of fused-ring (bicyclic) bond motifs is 1. The number of hydrogen-bond acceptors (Lipinski definition) is 3. The third kappa shape index (κ3) is 2.67. The molecule has 5 heteroatoms. The highest BCUT2D eigenvalue weighted by Crippen LogP contribution is 2.22. The molecule has 22 heavy (non-hydrogen) atoms. The number of thiophene rings is 1. The lowest BCUT2D eigenvalue weighted by molar-refractivity contribution is -0.117. The Bertz CT molecular complexity index is 818. The first kappa shape index (κ1) is 14.5. The SMILES string of the molecule is CCc1cccc2c(C(=O)C(=O)NCc3cccs3)c[nH]c12. The predicted octanol–water partition coefficient (Wildman–Crippen LogP) is 3.29. The lowest BCUT2D eigenvalue weighted by atomic mass is 10.0. The van der Waals surface area contributed by atoms with Crippen LogP contribution < -0.4 is 5.32 Å². The number of carbonyl (C=O) groups excluding carboxylic acids is 2. The normalized spacial score (nSPS) is 10.8. The van der Waals surface area contributed by atoms with Crippen molar-refractivity contribution >= 4 is 33.9 Å². The van der Waals surface area contributed by atoms with E-state index in [-0.39, 0.29) is 0 Å². The number of aromatic nitrogens is 1. The van der Waals surface area contributed by atoms with Crippen LogP contribution in [0.25, 0.3) is 10.9 Å². The van der Waals surface area contributed by atoms with Gasteiger partial charge < -0.3 is 10.3 Å². The Hall–Kier alpha value is -2.40.